The van der Waals surface area contributed by atoms with Gasteiger partial charge in [0.25, 0.3) is 5.91 Å². The molecule has 0 unspecified atom stereocenters. The number of hydrogen-bond donors (Lipinski definition) is 2. The summed E-state index contributed by atoms with van der Waals surface area (Å²) in [4.78, 5) is 15.9. The van der Waals surface area contributed by atoms with Gasteiger partial charge in [0.05, 0.1) is 0 Å². The largest absolute Gasteiger partial charge is 0.396 e. The fraction of sp³-hybridized carbons (Fsp3) is 0.538. The summed E-state index contributed by atoms with van der Waals surface area (Å²) in [6, 6.07) is 3.45. The van der Waals surface area contributed by atoms with Crippen LogP contribution in [0.15, 0.2) is 18.3 Å². The first-order valence-corrected chi connectivity index (χ1v) is 5.76. The molecule has 1 amide bonds. The van der Waals surface area contributed by atoms with E-state index in [-0.39, 0.29) is 17.9 Å². The van der Waals surface area contributed by atoms with E-state index in [9.17, 15) is 4.79 Å². The van der Waals surface area contributed by atoms with Gasteiger partial charge in [0.15, 0.2) is 0 Å². The number of rotatable bonds is 5. The summed E-state index contributed by atoms with van der Waals surface area (Å²) in [5, 5.41) is 11.8. The second kappa shape index (κ2) is 5.77. The quantitative estimate of drug-likeness (QED) is 0.815. The normalized spacial score (nSPS) is 11.3. The molecule has 0 spiro atoms. The molecule has 17 heavy (non-hydrogen) atoms. The van der Waals surface area contributed by atoms with Crippen LogP contribution in [0.5, 0.6) is 0 Å². The lowest BCUT2D eigenvalue weighted by Crippen LogP contribution is -2.34. The molecule has 0 aromatic carbocycles. The van der Waals surface area contributed by atoms with Crippen LogP contribution in [0.3, 0.4) is 0 Å². The minimum atomic E-state index is -0.0958. The molecular formula is C13H20N2O2. The number of nitrogens with one attached hydrogen (secondary N) is 1. The van der Waals surface area contributed by atoms with Gasteiger partial charge in [-0.2, -0.15) is 0 Å². The zero-order valence-corrected chi connectivity index (χ0v) is 10.7. The van der Waals surface area contributed by atoms with E-state index in [0.29, 0.717) is 18.5 Å². The van der Waals surface area contributed by atoms with Gasteiger partial charge in [0.1, 0.15) is 0 Å². The van der Waals surface area contributed by atoms with Crippen molar-refractivity contribution in [2.24, 2.45) is 5.41 Å². The molecule has 4 heteroatoms. The summed E-state index contributed by atoms with van der Waals surface area (Å²) in [5.74, 6) is -0.0958. The standard InChI is InChI=1S/C13H20N2O2/c1-10-8-11(4-6-14-10)12(17)15-9-13(2,3)5-7-16/h4,6,8,16H,5,7,9H2,1-3H3,(H,15,17). The summed E-state index contributed by atoms with van der Waals surface area (Å²) in [7, 11) is 0. The molecule has 0 aliphatic carbocycles. The van der Waals surface area contributed by atoms with Gasteiger partial charge in [-0.25, -0.2) is 0 Å². The number of aliphatic hydroxyl groups excluding tert-OH is 1. The number of hydrogen-bond acceptors (Lipinski definition) is 3. The Kier molecular flexibility index (Phi) is 4.63. The number of amides is 1. The van der Waals surface area contributed by atoms with Gasteiger partial charge >= 0.3 is 0 Å². The van der Waals surface area contributed by atoms with Crippen LogP contribution in [0.25, 0.3) is 0 Å². The minimum absolute atomic E-state index is 0.0908. The lowest BCUT2D eigenvalue weighted by atomic mass is 9.89. The maximum Gasteiger partial charge on any atom is 0.251 e. The van der Waals surface area contributed by atoms with Gasteiger partial charge < -0.3 is 10.4 Å². The second-order valence-electron chi connectivity index (χ2n) is 5.01. The van der Waals surface area contributed by atoms with Crippen molar-refractivity contribution >= 4 is 5.91 Å². The van der Waals surface area contributed by atoms with Crippen LogP contribution < -0.4 is 5.32 Å². The van der Waals surface area contributed by atoms with E-state index >= 15 is 0 Å². The Morgan fingerprint density at radius 1 is 1.53 bits per heavy atom. The maximum absolute atomic E-state index is 11.8. The molecule has 0 atom stereocenters. The van der Waals surface area contributed by atoms with Crippen molar-refractivity contribution < 1.29 is 9.90 Å². The Morgan fingerprint density at radius 2 is 2.24 bits per heavy atom. The van der Waals surface area contributed by atoms with Gasteiger partial charge in [0.2, 0.25) is 0 Å². The van der Waals surface area contributed by atoms with E-state index in [2.05, 4.69) is 10.3 Å². The highest BCUT2D eigenvalue weighted by atomic mass is 16.3. The first-order chi connectivity index (χ1) is 7.94. The number of aryl methyl sites for hydroxylation is 1. The van der Waals surface area contributed by atoms with E-state index in [1.165, 1.54) is 0 Å². The molecule has 0 aliphatic rings. The van der Waals surface area contributed by atoms with Gasteiger partial charge in [0, 0.05) is 30.6 Å². The number of aromatic nitrogens is 1. The Hall–Kier alpha value is -1.42. The van der Waals surface area contributed by atoms with Crippen molar-refractivity contribution in [1.82, 2.24) is 10.3 Å². The fourth-order valence-electron chi connectivity index (χ4n) is 1.50. The van der Waals surface area contributed by atoms with E-state index in [0.717, 1.165) is 5.69 Å². The molecule has 0 radical (unpaired) electrons. The number of aliphatic hydroxyl groups is 1. The average Bonchev–Trinajstić information content (AvgIpc) is 2.26. The third-order valence-electron chi connectivity index (χ3n) is 2.67. The van der Waals surface area contributed by atoms with Crippen molar-refractivity contribution in [3.05, 3.63) is 29.6 Å². The van der Waals surface area contributed by atoms with Crippen molar-refractivity contribution in [1.29, 1.82) is 0 Å². The number of pyridine rings is 1. The van der Waals surface area contributed by atoms with Crippen LogP contribution in [0.4, 0.5) is 0 Å². The van der Waals surface area contributed by atoms with Gasteiger partial charge in [-0.3, -0.25) is 9.78 Å². The first kappa shape index (κ1) is 13.6. The van der Waals surface area contributed by atoms with Crippen LogP contribution in [0, 0.1) is 12.3 Å². The molecule has 0 saturated heterocycles. The van der Waals surface area contributed by atoms with Crippen LogP contribution >= 0.6 is 0 Å². The van der Waals surface area contributed by atoms with Crippen molar-refractivity contribution in [3.8, 4) is 0 Å². The zero-order valence-electron chi connectivity index (χ0n) is 10.7. The van der Waals surface area contributed by atoms with E-state index < -0.39 is 0 Å². The molecule has 0 fully saturated rings. The molecule has 94 valence electrons. The molecule has 1 aromatic heterocycles. The average molecular weight is 236 g/mol. The molecule has 4 nitrogen and oxygen atoms in total. The van der Waals surface area contributed by atoms with Crippen LogP contribution in [0.1, 0.15) is 36.3 Å². The lowest BCUT2D eigenvalue weighted by molar-refractivity contribution is 0.0928. The molecule has 1 rings (SSSR count). The van der Waals surface area contributed by atoms with E-state index in [4.69, 9.17) is 5.11 Å². The predicted molar refractivity (Wildman–Crippen MR) is 66.8 cm³/mol. The van der Waals surface area contributed by atoms with Gasteiger partial charge in [-0.1, -0.05) is 13.8 Å². The Bertz CT molecular complexity index is 389. The lowest BCUT2D eigenvalue weighted by Gasteiger charge is -2.23. The predicted octanol–water partition coefficient (Wildman–Crippen LogP) is 1.53. The Balaban J connectivity index is 2.56. The summed E-state index contributed by atoms with van der Waals surface area (Å²) in [6.07, 6.45) is 2.30. The Morgan fingerprint density at radius 3 is 2.82 bits per heavy atom. The SMILES string of the molecule is Cc1cc(C(=O)NCC(C)(C)CCO)ccn1. The third-order valence-corrected chi connectivity index (χ3v) is 2.67. The maximum atomic E-state index is 11.8. The minimum Gasteiger partial charge on any atom is -0.396 e. The summed E-state index contributed by atoms with van der Waals surface area (Å²) in [5.41, 5.74) is 1.36. The molecule has 2 N–H and O–H groups in total. The fourth-order valence-corrected chi connectivity index (χ4v) is 1.50. The highest BCUT2D eigenvalue weighted by Crippen LogP contribution is 2.18. The summed E-state index contributed by atoms with van der Waals surface area (Å²) < 4.78 is 0. The smallest absolute Gasteiger partial charge is 0.251 e. The molecule has 0 aliphatic heterocycles. The topological polar surface area (TPSA) is 62.2 Å². The second-order valence-corrected chi connectivity index (χ2v) is 5.01. The highest BCUT2D eigenvalue weighted by molar-refractivity contribution is 5.94. The van der Waals surface area contributed by atoms with E-state index in [1.54, 1.807) is 18.3 Å². The number of carbonyl (C=O) groups excluding carboxylic acids is 1. The number of nitrogens with zero attached hydrogens (tertiary/aromatic N) is 1. The first-order valence-electron chi connectivity index (χ1n) is 5.76. The monoisotopic (exact) mass is 236 g/mol. The van der Waals surface area contributed by atoms with E-state index in [1.807, 2.05) is 20.8 Å². The molecular weight excluding hydrogens is 216 g/mol. The zero-order chi connectivity index (χ0) is 12.9. The number of carbonyl (C=O) groups is 1. The highest BCUT2D eigenvalue weighted by Gasteiger charge is 2.18. The van der Waals surface area contributed by atoms with Crippen molar-refractivity contribution in [3.63, 3.8) is 0 Å². The van der Waals surface area contributed by atoms with Crippen LogP contribution in [-0.2, 0) is 0 Å². The molecule has 1 aromatic rings. The van der Waals surface area contributed by atoms with Gasteiger partial charge in [-0.15, -0.1) is 0 Å². The van der Waals surface area contributed by atoms with Crippen molar-refractivity contribution in [2.75, 3.05) is 13.2 Å². The molecule has 0 saturated carbocycles. The van der Waals surface area contributed by atoms with Gasteiger partial charge in [-0.05, 0) is 30.9 Å². The summed E-state index contributed by atoms with van der Waals surface area (Å²) in [6.45, 7) is 6.57. The Labute approximate surface area is 102 Å². The van der Waals surface area contributed by atoms with Crippen molar-refractivity contribution in [2.45, 2.75) is 27.2 Å². The summed E-state index contributed by atoms with van der Waals surface area (Å²) >= 11 is 0. The van der Waals surface area contributed by atoms with Crippen LogP contribution in [-0.4, -0.2) is 29.1 Å². The third kappa shape index (κ3) is 4.53. The van der Waals surface area contributed by atoms with Crippen LogP contribution in [0.2, 0.25) is 0 Å². The molecule has 1 heterocycles. The molecule has 0 bridgehead atoms.